The number of amides is 4. The van der Waals surface area contributed by atoms with Crippen LogP contribution in [0.4, 0.5) is 0 Å². The van der Waals surface area contributed by atoms with E-state index < -0.39 is 183 Å². The summed E-state index contributed by atoms with van der Waals surface area (Å²) in [4.78, 5) is 51.1. The minimum absolute atomic E-state index is 0.0426. The van der Waals surface area contributed by atoms with Crippen molar-refractivity contribution in [1.82, 2.24) is 21.3 Å². The molecule has 29 nitrogen and oxygen atoms in total. The zero-order valence-electron chi connectivity index (χ0n) is 43.3. The van der Waals surface area contributed by atoms with Crippen LogP contribution in [0.1, 0.15) is 83.0 Å². The molecule has 442 valence electrons. The maximum Gasteiger partial charge on any atom is 0.251 e. The summed E-state index contributed by atoms with van der Waals surface area (Å²) in [5.41, 5.74) is 0.0426. The average molecular weight is 1140 g/mol. The number of carbonyl (C=O) groups is 4. The van der Waals surface area contributed by atoms with Crippen LogP contribution in [0.3, 0.4) is 0 Å². The first-order valence-corrected chi connectivity index (χ1v) is 26.8. The molecule has 4 saturated heterocycles. The summed E-state index contributed by atoms with van der Waals surface area (Å²) in [5, 5.41) is 109. The van der Waals surface area contributed by atoms with E-state index in [1.807, 2.05) is 0 Å². The number of benzene rings is 1. The van der Waals surface area contributed by atoms with Crippen molar-refractivity contribution in [1.29, 1.82) is 0 Å². The standard InChI is InChI=1S/C48H74N4O25S/c1-5-6-7-8-9-10-11-12-13-17-69-27-16-14-15-26(18-27)44(64)52-33-37(60)36(59)28(19-53)72-46(33)75-41-29(20-54)73-47(34(39(41)62)50-24(3)57)76-42-30(21-55)74-48(35(40(42)63)51-25(4)58)77-43-31(22-70-78(66,67)68)71-45(65)32(38(43)61)49-23(2)56/h14-16,18,28-43,45-48,53-55,59-63,65H,5-9,12-13,17,19-22H2,1-4H3,(H,49,56)(H,50,57)(H,51,58)(H,52,64)(H,66,67,68)/p-1/t28?,29?,30?,31?,32?,33?,34?,35?,36-,37-,38?,39?,40-,41-,42-,43-,45-,46+,47+,48+/m1/s1. The van der Waals surface area contributed by atoms with E-state index in [1.54, 1.807) is 12.1 Å². The Morgan fingerprint density at radius 1 is 0.603 bits per heavy atom. The van der Waals surface area contributed by atoms with Gasteiger partial charge in [0.25, 0.3) is 5.91 Å². The number of unbranched alkanes of at least 4 members (excludes halogenated alkanes) is 5. The summed E-state index contributed by atoms with van der Waals surface area (Å²) in [7, 11) is -5.41. The molecule has 4 heterocycles. The van der Waals surface area contributed by atoms with Crippen molar-refractivity contribution in [2.45, 2.75) is 195 Å². The number of carbonyl (C=O) groups excluding carboxylic acids is 4. The normalized spacial score (nSPS) is 35.1. The number of nitrogens with one attached hydrogen (secondary N) is 4. The van der Waals surface area contributed by atoms with Gasteiger partial charge >= 0.3 is 0 Å². The van der Waals surface area contributed by atoms with Crippen LogP contribution in [-0.2, 0) is 62.1 Å². The molecule has 10 unspecified atom stereocenters. The van der Waals surface area contributed by atoms with Crippen molar-refractivity contribution in [3.63, 3.8) is 0 Å². The number of ether oxygens (including phenoxy) is 8. The van der Waals surface area contributed by atoms with E-state index in [0.29, 0.717) is 25.2 Å². The molecule has 5 rings (SSSR count). The van der Waals surface area contributed by atoms with Gasteiger partial charge < -0.3 is 110 Å². The van der Waals surface area contributed by atoms with Gasteiger partial charge in [0.2, 0.25) is 28.1 Å². The number of aliphatic hydroxyl groups excluding tert-OH is 9. The summed E-state index contributed by atoms with van der Waals surface area (Å²) in [6, 6.07) is -0.788. The minimum atomic E-state index is -5.41. The Hall–Kier alpha value is -4.31. The Bertz CT molecular complexity index is 2280. The van der Waals surface area contributed by atoms with Crippen molar-refractivity contribution in [2.24, 2.45) is 0 Å². The fourth-order valence-electron chi connectivity index (χ4n) is 9.20. The van der Waals surface area contributed by atoms with Gasteiger partial charge in [-0.3, -0.25) is 23.4 Å². The van der Waals surface area contributed by atoms with Crippen LogP contribution in [0.15, 0.2) is 24.3 Å². The van der Waals surface area contributed by atoms with Gasteiger partial charge in [0.05, 0.1) is 33.0 Å². The van der Waals surface area contributed by atoms with Crippen molar-refractivity contribution in [3.05, 3.63) is 29.8 Å². The second-order valence-electron chi connectivity index (χ2n) is 19.0. The molecule has 0 aliphatic carbocycles. The van der Waals surface area contributed by atoms with Crippen LogP contribution in [0.2, 0.25) is 0 Å². The molecule has 4 aliphatic heterocycles. The van der Waals surface area contributed by atoms with Crippen molar-refractivity contribution >= 4 is 34.0 Å². The number of hydrogen-bond donors (Lipinski definition) is 13. The van der Waals surface area contributed by atoms with Crippen LogP contribution >= 0.6 is 0 Å². The highest BCUT2D eigenvalue weighted by Gasteiger charge is 2.56. The summed E-state index contributed by atoms with van der Waals surface area (Å²) in [6.45, 7) is 1.41. The van der Waals surface area contributed by atoms with Gasteiger partial charge in [-0.05, 0) is 31.0 Å². The molecule has 0 aromatic heterocycles. The Morgan fingerprint density at radius 3 is 1.58 bits per heavy atom. The van der Waals surface area contributed by atoms with E-state index >= 15 is 0 Å². The molecule has 1 aromatic carbocycles. The van der Waals surface area contributed by atoms with Gasteiger partial charge in [0.1, 0.15) is 103 Å². The highest BCUT2D eigenvalue weighted by atomic mass is 32.3. The minimum Gasteiger partial charge on any atom is -0.726 e. The predicted molar refractivity (Wildman–Crippen MR) is 260 cm³/mol. The molecule has 4 fully saturated rings. The lowest BCUT2D eigenvalue weighted by Gasteiger charge is -2.51. The Kier molecular flexibility index (Phi) is 25.2. The number of hydrogen-bond acceptors (Lipinski definition) is 25. The number of aliphatic hydroxyl groups is 9. The van der Waals surface area contributed by atoms with Crippen molar-refractivity contribution in [2.75, 3.05) is 33.0 Å². The second-order valence-corrected chi connectivity index (χ2v) is 20.1. The largest absolute Gasteiger partial charge is 0.726 e. The van der Waals surface area contributed by atoms with Crippen LogP contribution in [-0.4, -0.2) is 238 Å². The molecule has 1 aromatic rings. The molecular weight excluding hydrogens is 1060 g/mol. The van der Waals surface area contributed by atoms with Crippen LogP contribution < -0.4 is 26.0 Å². The second kappa shape index (κ2) is 30.5. The molecule has 30 heteroatoms. The molecule has 4 aliphatic rings. The van der Waals surface area contributed by atoms with E-state index in [2.05, 4.69) is 44.2 Å². The summed E-state index contributed by atoms with van der Waals surface area (Å²) < 4.78 is 85.6. The Labute approximate surface area is 450 Å². The third-order valence-corrected chi connectivity index (χ3v) is 13.5. The average Bonchev–Trinajstić information content (AvgIpc) is 3.47. The molecule has 78 heavy (non-hydrogen) atoms. The van der Waals surface area contributed by atoms with E-state index in [1.165, 1.54) is 18.6 Å². The molecule has 0 radical (unpaired) electrons. The predicted octanol–water partition coefficient (Wildman–Crippen LogP) is -5.26. The Morgan fingerprint density at radius 2 is 1.08 bits per heavy atom. The van der Waals surface area contributed by atoms with E-state index in [-0.39, 0.29) is 5.56 Å². The van der Waals surface area contributed by atoms with Gasteiger partial charge in [0, 0.05) is 39.2 Å². The zero-order valence-corrected chi connectivity index (χ0v) is 44.1. The van der Waals surface area contributed by atoms with Gasteiger partial charge in [-0.15, -0.1) is 11.8 Å². The first-order valence-electron chi connectivity index (χ1n) is 25.4. The highest BCUT2D eigenvalue weighted by molar-refractivity contribution is 7.80. The molecule has 0 bridgehead atoms. The summed E-state index contributed by atoms with van der Waals surface area (Å²) in [6.07, 6.45) is -23.2. The molecule has 0 saturated carbocycles. The van der Waals surface area contributed by atoms with Gasteiger partial charge in [-0.25, -0.2) is 8.42 Å². The van der Waals surface area contributed by atoms with Gasteiger partial charge in [-0.2, -0.15) is 0 Å². The van der Waals surface area contributed by atoms with Gasteiger partial charge in [-0.1, -0.05) is 32.3 Å². The maximum absolute atomic E-state index is 13.8. The SMILES string of the molecule is CCCCCCC#CCCCOc1cccc(C(=O)NC2[C@H](O[C@@H]3C(CO)O[C@@H](O[C@@H]4C(CO)O[C@@H](O[C@@H]5C(COS(=O)(=O)[O-])O[C@@H](O)C(NC(C)=O)C5O)C(NC(C)=O)[C@H]4O)C(NC(C)=O)C3O)OC(CO)[C@@H](O)[C@@H]2O)c1. The zero-order chi connectivity index (χ0) is 57.4. The molecule has 4 amide bonds. The van der Waals surface area contributed by atoms with E-state index in [4.69, 9.17) is 37.9 Å². The van der Waals surface area contributed by atoms with E-state index in [9.17, 15) is 78.1 Å². The Balaban J connectivity index is 1.35. The highest BCUT2D eigenvalue weighted by Crippen LogP contribution is 2.35. The van der Waals surface area contributed by atoms with Crippen LogP contribution in [0.5, 0.6) is 5.75 Å². The lowest BCUT2D eigenvalue weighted by atomic mass is 9.93. The first kappa shape index (κ1) is 64.5. The molecular formula is C48H73N4O25S-. The van der Waals surface area contributed by atoms with Crippen LogP contribution in [0, 0.1) is 11.8 Å². The molecule has 13 N–H and O–H groups in total. The van der Waals surface area contributed by atoms with E-state index in [0.717, 1.165) is 46.5 Å². The van der Waals surface area contributed by atoms with Crippen molar-refractivity contribution in [3.8, 4) is 17.6 Å². The smallest absolute Gasteiger partial charge is 0.251 e. The van der Waals surface area contributed by atoms with Crippen molar-refractivity contribution < 1.29 is 120 Å². The maximum atomic E-state index is 13.8. The van der Waals surface area contributed by atoms with Crippen LogP contribution in [0.25, 0.3) is 0 Å². The number of rotatable bonds is 25. The fraction of sp³-hybridized carbons (Fsp3) is 0.750. The lowest BCUT2D eigenvalue weighted by molar-refractivity contribution is -0.361. The summed E-state index contributed by atoms with van der Waals surface area (Å²) in [5.74, 6) is 3.36. The monoisotopic (exact) mass is 1140 g/mol. The third-order valence-electron chi connectivity index (χ3n) is 13.0. The fourth-order valence-corrected chi connectivity index (χ4v) is 9.50. The van der Waals surface area contributed by atoms with Gasteiger partial charge in [0.15, 0.2) is 25.2 Å². The third kappa shape index (κ3) is 17.8. The quantitative estimate of drug-likeness (QED) is 0.0188. The lowest BCUT2D eigenvalue weighted by Crippen LogP contribution is -2.71. The first-order chi connectivity index (χ1) is 37.0. The molecule has 0 spiro atoms. The molecule has 20 atom stereocenters. The topological polar surface area (TPSA) is 439 Å². The summed E-state index contributed by atoms with van der Waals surface area (Å²) >= 11 is 0.